The molecular formula is C32H52O2. The van der Waals surface area contributed by atoms with Gasteiger partial charge in [-0.2, -0.15) is 0 Å². The summed E-state index contributed by atoms with van der Waals surface area (Å²) < 4.78 is 13.6. The summed E-state index contributed by atoms with van der Waals surface area (Å²) in [6.07, 6.45) is 16.9. The molecule has 2 heteroatoms. The monoisotopic (exact) mass is 468 g/mol. The Bertz CT molecular complexity index is 732. The third kappa shape index (κ3) is 3.61. The standard InChI is InChI=1S/C32H52O2/c1-16(2)18(4)33-29-15-24-14-28(29)31-23-12-22(27(13-23)30(24)31)6-17(3)19(5)34-32-25-8-20-7-21(10-25)11-26(32)9-20/h16-32H,6-15H2,1-5H3/t17?,18-,19-,20?,21?,22?,23?,24?,25?,26?,27?,28?,29?,30?,31?,32?/m0/s1. The molecule has 9 unspecified atom stereocenters. The van der Waals surface area contributed by atoms with Crippen molar-refractivity contribution in [1.29, 1.82) is 0 Å². The second kappa shape index (κ2) is 8.47. The topological polar surface area (TPSA) is 18.5 Å². The van der Waals surface area contributed by atoms with Crippen molar-refractivity contribution in [2.45, 2.75) is 123 Å². The minimum absolute atomic E-state index is 0.422. The van der Waals surface area contributed by atoms with Crippen molar-refractivity contribution >= 4 is 0 Å². The maximum absolute atomic E-state index is 6.97. The molecule has 34 heavy (non-hydrogen) atoms. The highest BCUT2D eigenvalue weighted by Gasteiger charge is 2.65. The molecule has 8 bridgehead atoms. The van der Waals surface area contributed by atoms with Crippen LogP contribution in [-0.4, -0.2) is 24.4 Å². The lowest BCUT2D eigenvalue weighted by atomic mass is 9.55. The second-order valence-electron chi connectivity index (χ2n) is 15.3. The molecule has 0 heterocycles. The van der Waals surface area contributed by atoms with E-state index >= 15 is 0 Å². The first-order valence-corrected chi connectivity index (χ1v) is 15.7. The molecular weight excluding hydrogens is 416 g/mol. The molecule has 8 saturated carbocycles. The van der Waals surface area contributed by atoms with Crippen molar-refractivity contribution in [1.82, 2.24) is 0 Å². The van der Waals surface area contributed by atoms with Crippen molar-refractivity contribution in [2.24, 2.45) is 76.9 Å². The van der Waals surface area contributed by atoms with Crippen LogP contribution < -0.4 is 0 Å². The normalized spacial score (nSPS) is 54.7. The van der Waals surface area contributed by atoms with Crippen LogP contribution in [0.15, 0.2) is 0 Å². The summed E-state index contributed by atoms with van der Waals surface area (Å²) in [5.74, 6) is 12.2. The second-order valence-corrected chi connectivity index (χ2v) is 15.3. The van der Waals surface area contributed by atoms with Crippen LogP contribution in [0.25, 0.3) is 0 Å². The van der Waals surface area contributed by atoms with Crippen LogP contribution >= 0.6 is 0 Å². The van der Waals surface area contributed by atoms with Crippen LogP contribution in [0.5, 0.6) is 0 Å². The van der Waals surface area contributed by atoms with Gasteiger partial charge in [0.25, 0.3) is 0 Å². The first kappa shape index (κ1) is 23.1. The van der Waals surface area contributed by atoms with E-state index < -0.39 is 0 Å². The lowest BCUT2D eigenvalue weighted by Crippen LogP contribution is -2.50. The largest absolute Gasteiger partial charge is 0.375 e. The van der Waals surface area contributed by atoms with Crippen LogP contribution in [0, 0.1) is 76.9 Å². The first-order chi connectivity index (χ1) is 16.4. The van der Waals surface area contributed by atoms with Gasteiger partial charge in [0.15, 0.2) is 0 Å². The molecule has 0 saturated heterocycles. The third-order valence-corrected chi connectivity index (χ3v) is 13.2. The zero-order valence-electron chi connectivity index (χ0n) is 22.7. The van der Waals surface area contributed by atoms with Gasteiger partial charge in [-0.25, -0.2) is 0 Å². The van der Waals surface area contributed by atoms with Crippen LogP contribution in [0.4, 0.5) is 0 Å². The minimum atomic E-state index is 0.422. The highest BCUT2D eigenvalue weighted by atomic mass is 16.5. The van der Waals surface area contributed by atoms with Gasteiger partial charge in [-0.1, -0.05) is 20.8 Å². The average molecular weight is 469 g/mol. The van der Waals surface area contributed by atoms with E-state index in [0.29, 0.717) is 30.3 Å². The van der Waals surface area contributed by atoms with Gasteiger partial charge in [0.05, 0.1) is 24.4 Å². The first-order valence-electron chi connectivity index (χ1n) is 15.7. The van der Waals surface area contributed by atoms with Gasteiger partial charge >= 0.3 is 0 Å². The Kier molecular flexibility index (Phi) is 5.75. The summed E-state index contributed by atoms with van der Waals surface area (Å²) in [6, 6.07) is 0. The van der Waals surface area contributed by atoms with E-state index in [9.17, 15) is 0 Å². The lowest BCUT2D eigenvalue weighted by molar-refractivity contribution is -0.158. The number of hydrogen-bond acceptors (Lipinski definition) is 2. The molecule has 8 rings (SSSR count). The summed E-state index contributed by atoms with van der Waals surface area (Å²) in [5.41, 5.74) is 0. The van der Waals surface area contributed by atoms with E-state index in [0.717, 1.165) is 71.0 Å². The summed E-state index contributed by atoms with van der Waals surface area (Å²) in [6.45, 7) is 11.9. The lowest BCUT2D eigenvalue weighted by Gasteiger charge is -2.54. The molecule has 0 aromatic rings. The molecule has 11 atom stereocenters. The summed E-state index contributed by atoms with van der Waals surface area (Å²) in [7, 11) is 0. The van der Waals surface area contributed by atoms with Gasteiger partial charge in [0, 0.05) is 0 Å². The predicted octanol–water partition coefficient (Wildman–Crippen LogP) is 7.60. The van der Waals surface area contributed by atoms with Gasteiger partial charge < -0.3 is 9.47 Å². The van der Waals surface area contributed by atoms with E-state index in [-0.39, 0.29) is 0 Å². The highest BCUT2D eigenvalue weighted by Crippen LogP contribution is 2.70. The molecule has 0 aromatic carbocycles. The smallest absolute Gasteiger partial charge is 0.0635 e. The molecule has 0 aliphatic heterocycles. The highest BCUT2D eigenvalue weighted by molar-refractivity contribution is 5.13. The fraction of sp³-hybridized carbons (Fsp3) is 1.00. The number of fused-ring (bicyclic) bond motifs is 9. The van der Waals surface area contributed by atoms with E-state index in [1.54, 1.807) is 12.8 Å². The van der Waals surface area contributed by atoms with Crippen LogP contribution in [0.3, 0.4) is 0 Å². The summed E-state index contributed by atoms with van der Waals surface area (Å²) in [5, 5.41) is 0. The molecule has 8 aliphatic carbocycles. The Morgan fingerprint density at radius 2 is 1.21 bits per heavy atom. The Hall–Kier alpha value is -0.0800. The average Bonchev–Trinajstić information content (AvgIpc) is 3.54. The molecule has 0 spiro atoms. The fourth-order valence-corrected chi connectivity index (χ4v) is 11.7. The summed E-state index contributed by atoms with van der Waals surface area (Å²) in [4.78, 5) is 0. The Morgan fingerprint density at radius 1 is 0.588 bits per heavy atom. The van der Waals surface area contributed by atoms with Crippen molar-refractivity contribution in [2.75, 3.05) is 0 Å². The maximum Gasteiger partial charge on any atom is 0.0635 e. The quantitative estimate of drug-likeness (QED) is 0.341. The van der Waals surface area contributed by atoms with Gasteiger partial charge in [0.2, 0.25) is 0 Å². The van der Waals surface area contributed by atoms with E-state index in [1.165, 1.54) is 51.4 Å². The summed E-state index contributed by atoms with van der Waals surface area (Å²) >= 11 is 0. The SMILES string of the molecule is CC(C)[C@H](C)OC1CC2CC1C1C3CC(CC(C)[C@H](C)OC4C5CC6CC(C5)CC4C6)C(C3)C21. The van der Waals surface area contributed by atoms with Crippen molar-refractivity contribution in [3.63, 3.8) is 0 Å². The molecule has 0 N–H and O–H groups in total. The fourth-order valence-electron chi connectivity index (χ4n) is 11.7. The van der Waals surface area contributed by atoms with Crippen molar-refractivity contribution in [3.8, 4) is 0 Å². The van der Waals surface area contributed by atoms with E-state index in [4.69, 9.17) is 9.47 Å². The molecule has 0 radical (unpaired) electrons. The van der Waals surface area contributed by atoms with Crippen LogP contribution in [-0.2, 0) is 9.47 Å². The third-order valence-electron chi connectivity index (χ3n) is 13.2. The van der Waals surface area contributed by atoms with E-state index in [1.807, 2.05) is 0 Å². The van der Waals surface area contributed by atoms with E-state index in [2.05, 4.69) is 34.6 Å². The van der Waals surface area contributed by atoms with Crippen LogP contribution in [0.1, 0.15) is 98.8 Å². The van der Waals surface area contributed by atoms with Gasteiger partial charge in [-0.05, 0) is 155 Å². The number of hydrogen-bond donors (Lipinski definition) is 0. The zero-order valence-corrected chi connectivity index (χ0v) is 22.7. The molecule has 8 aliphatic rings. The maximum atomic E-state index is 6.97. The molecule has 192 valence electrons. The molecule has 0 aromatic heterocycles. The van der Waals surface area contributed by atoms with Gasteiger partial charge in [-0.15, -0.1) is 0 Å². The molecule has 0 amide bonds. The number of ether oxygens (including phenoxy) is 2. The zero-order chi connectivity index (χ0) is 23.3. The molecule has 8 fully saturated rings. The molecule has 2 nitrogen and oxygen atoms in total. The Labute approximate surface area is 209 Å². The van der Waals surface area contributed by atoms with Crippen molar-refractivity contribution in [3.05, 3.63) is 0 Å². The number of rotatable bonds is 8. The van der Waals surface area contributed by atoms with Gasteiger partial charge in [-0.3, -0.25) is 0 Å². The predicted molar refractivity (Wildman–Crippen MR) is 137 cm³/mol. The minimum Gasteiger partial charge on any atom is -0.375 e. The Balaban J connectivity index is 0.950. The Morgan fingerprint density at radius 3 is 1.88 bits per heavy atom. The van der Waals surface area contributed by atoms with Crippen LogP contribution in [0.2, 0.25) is 0 Å². The van der Waals surface area contributed by atoms with Gasteiger partial charge in [0.1, 0.15) is 0 Å². The van der Waals surface area contributed by atoms with Crippen molar-refractivity contribution < 1.29 is 9.47 Å².